The lowest BCUT2D eigenvalue weighted by Gasteiger charge is -2.23. The lowest BCUT2D eigenvalue weighted by Crippen LogP contribution is -2.21. The highest BCUT2D eigenvalue weighted by molar-refractivity contribution is 7.86. The van der Waals surface area contributed by atoms with E-state index in [1.54, 1.807) is 26.0 Å². The van der Waals surface area contributed by atoms with Gasteiger partial charge >= 0.3 is 7.60 Å². The van der Waals surface area contributed by atoms with Crippen LogP contribution >= 0.6 is 7.60 Å². The summed E-state index contributed by atoms with van der Waals surface area (Å²) in [5, 5.41) is 0. The van der Waals surface area contributed by atoms with Crippen LogP contribution in [0.1, 0.15) is 32.3 Å². The van der Waals surface area contributed by atoms with Gasteiger partial charge in [0.2, 0.25) is 0 Å². The Hall–Kier alpha value is -0.760. The highest BCUT2D eigenvalue weighted by atomic mass is 32.2. The summed E-state index contributed by atoms with van der Waals surface area (Å²) in [7, 11) is -7.21. The van der Waals surface area contributed by atoms with E-state index in [0.717, 1.165) is 5.56 Å². The molecule has 1 fully saturated rings. The van der Waals surface area contributed by atoms with E-state index >= 15 is 0 Å². The van der Waals surface area contributed by atoms with Gasteiger partial charge in [-0.2, -0.15) is 8.42 Å². The summed E-state index contributed by atoms with van der Waals surface area (Å²) < 4.78 is 58.4. The molecule has 0 radical (unpaired) electrons. The average molecular weight is 392 g/mol. The van der Waals surface area contributed by atoms with Crippen molar-refractivity contribution in [3.05, 3.63) is 29.8 Å². The van der Waals surface area contributed by atoms with Crippen LogP contribution in [0.15, 0.2) is 29.2 Å². The summed E-state index contributed by atoms with van der Waals surface area (Å²) in [6, 6.07) is 6.42. The number of ether oxygens (including phenoxy) is 1. The van der Waals surface area contributed by atoms with Gasteiger partial charge in [0.05, 0.1) is 30.8 Å². The predicted molar refractivity (Wildman–Crippen MR) is 93.1 cm³/mol. The van der Waals surface area contributed by atoms with Crippen LogP contribution in [-0.2, 0) is 32.7 Å². The summed E-state index contributed by atoms with van der Waals surface area (Å²) in [5.41, 5.74) is 0.962. The first-order valence-electron chi connectivity index (χ1n) is 8.31. The zero-order chi connectivity index (χ0) is 18.5. The maximum Gasteiger partial charge on any atom is 0.359 e. The van der Waals surface area contributed by atoms with Crippen LogP contribution in [0, 0.1) is 6.92 Å². The predicted octanol–water partition coefficient (Wildman–Crippen LogP) is 3.47. The summed E-state index contributed by atoms with van der Waals surface area (Å²) >= 11 is 0. The molecule has 25 heavy (non-hydrogen) atoms. The maximum absolute atomic E-state index is 12.7. The number of hydrogen-bond donors (Lipinski definition) is 0. The first-order chi connectivity index (χ1) is 11.8. The molecule has 2 unspecified atom stereocenters. The molecular weight excluding hydrogens is 367 g/mol. The van der Waals surface area contributed by atoms with Crippen LogP contribution in [0.4, 0.5) is 0 Å². The van der Waals surface area contributed by atoms with Crippen molar-refractivity contribution in [2.45, 2.75) is 50.5 Å². The number of aryl methyl sites for hydroxylation is 1. The molecule has 9 heteroatoms. The summed E-state index contributed by atoms with van der Waals surface area (Å²) in [6.07, 6.45) is 0.521. The van der Waals surface area contributed by atoms with Crippen LogP contribution in [0.2, 0.25) is 0 Å². The normalized spacial score (nSPS) is 21.6. The number of benzene rings is 1. The molecule has 1 aromatic rings. The quantitative estimate of drug-likeness (QED) is 0.470. The Bertz CT molecular complexity index is 692. The molecular formula is C16H25O7PS. The molecule has 0 amide bonds. The first kappa shape index (κ1) is 20.6. The van der Waals surface area contributed by atoms with Gasteiger partial charge in [-0.15, -0.1) is 0 Å². The minimum atomic E-state index is -3.85. The van der Waals surface area contributed by atoms with Crippen molar-refractivity contribution in [2.24, 2.45) is 0 Å². The molecule has 1 aromatic carbocycles. The van der Waals surface area contributed by atoms with Gasteiger partial charge in [0, 0.05) is 0 Å². The van der Waals surface area contributed by atoms with Gasteiger partial charge in [0.25, 0.3) is 10.1 Å². The van der Waals surface area contributed by atoms with Gasteiger partial charge in [-0.1, -0.05) is 17.7 Å². The maximum atomic E-state index is 12.7. The van der Waals surface area contributed by atoms with Crippen molar-refractivity contribution in [2.75, 3.05) is 19.8 Å². The van der Waals surface area contributed by atoms with Gasteiger partial charge in [-0.05, 0) is 45.7 Å². The van der Waals surface area contributed by atoms with Crippen molar-refractivity contribution in [3.63, 3.8) is 0 Å². The lowest BCUT2D eigenvalue weighted by molar-refractivity contribution is 0.0348. The highest BCUT2D eigenvalue weighted by Crippen LogP contribution is 2.57. The van der Waals surface area contributed by atoms with Crippen LogP contribution in [0.3, 0.4) is 0 Å². The fourth-order valence-corrected chi connectivity index (χ4v) is 5.39. The summed E-state index contributed by atoms with van der Waals surface area (Å²) in [4.78, 5) is 0.0990. The topological polar surface area (TPSA) is 88.1 Å². The molecule has 0 N–H and O–H groups in total. The standard InChI is InChI=1S/C16H25O7PS/c1-4-20-24(17,21-5-2)16-11-8-14(23-16)12-22-25(18,19)15-9-6-13(3)7-10-15/h6-7,9-10,14,16H,4-5,8,11-12H2,1-3H3. The Morgan fingerprint density at radius 1 is 1.12 bits per heavy atom. The first-order valence-corrected chi connectivity index (χ1v) is 11.3. The van der Waals surface area contributed by atoms with Gasteiger partial charge in [-0.25, -0.2) is 0 Å². The van der Waals surface area contributed by atoms with E-state index in [1.807, 2.05) is 6.92 Å². The molecule has 0 bridgehead atoms. The van der Waals surface area contributed by atoms with Crippen LogP contribution in [0.5, 0.6) is 0 Å². The second-order valence-corrected chi connectivity index (χ2v) is 9.50. The second-order valence-electron chi connectivity index (χ2n) is 5.72. The molecule has 0 aromatic heterocycles. The van der Waals surface area contributed by atoms with Crippen molar-refractivity contribution >= 4 is 17.7 Å². The van der Waals surface area contributed by atoms with Crippen molar-refractivity contribution < 1.29 is 31.0 Å². The van der Waals surface area contributed by atoms with Crippen LogP contribution in [-0.4, -0.2) is 40.2 Å². The molecule has 2 rings (SSSR count). The third kappa shape index (κ3) is 5.36. The summed E-state index contributed by atoms with van der Waals surface area (Å²) in [6.45, 7) is 5.70. The Balaban J connectivity index is 1.94. The molecule has 2 atom stereocenters. The molecule has 0 aliphatic carbocycles. The van der Waals surface area contributed by atoms with Crippen molar-refractivity contribution in [3.8, 4) is 0 Å². The van der Waals surface area contributed by atoms with Crippen molar-refractivity contribution in [1.82, 2.24) is 0 Å². The van der Waals surface area contributed by atoms with E-state index in [-0.39, 0.29) is 24.7 Å². The monoisotopic (exact) mass is 392 g/mol. The minimum Gasteiger partial charge on any atom is -0.360 e. The molecule has 142 valence electrons. The van der Waals surface area contributed by atoms with Crippen molar-refractivity contribution in [1.29, 1.82) is 0 Å². The average Bonchev–Trinajstić information content (AvgIpc) is 3.04. The zero-order valence-corrected chi connectivity index (χ0v) is 16.4. The highest BCUT2D eigenvalue weighted by Gasteiger charge is 2.42. The van der Waals surface area contributed by atoms with E-state index < -0.39 is 29.7 Å². The molecule has 1 heterocycles. The second kappa shape index (κ2) is 8.75. The Labute approximate surface area is 149 Å². The summed E-state index contributed by atoms with van der Waals surface area (Å²) in [5.74, 6) is -0.692. The Morgan fingerprint density at radius 3 is 2.28 bits per heavy atom. The molecule has 1 aliphatic rings. The van der Waals surface area contributed by atoms with Gasteiger partial charge < -0.3 is 13.8 Å². The van der Waals surface area contributed by atoms with E-state index in [0.29, 0.717) is 12.8 Å². The molecule has 1 aliphatic heterocycles. The van der Waals surface area contributed by atoms with E-state index in [9.17, 15) is 13.0 Å². The molecule has 0 spiro atoms. The molecule has 1 saturated heterocycles. The minimum absolute atomic E-state index is 0.0990. The SMILES string of the molecule is CCOP(=O)(OCC)C1CCC(COS(=O)(=O)c2ccc(C)cc2)O1. The smallest absolute Gasteiger partial charge is 0.359 e. The fourth-order valence-electron chi connectivity index (χ4n) is 2.54. The van der Waals surface area contributed by atoms with Gasteiger partial charge in [0.1, 0.15) is 0 Å². The van der Waals surface area contributed by atoms with E-state index in [1.165, 1.54) is 12.1 Å². The third-order valence-corrected chi connectivity index (χ3v) is 7.39. The van der Waals surface area contributed by atoms with Gasteiger partial charge in [0.15, 0.2) is 5.85 Å². The number of hydrogen-bond acceptors (Lipinski definition) is 7. The molecule has 0 saturated carbocycles. The van der Waals surface area contributed by atoms with E-state index in [4.69, 9.17) is 18.0 Å². The van der Waals surface area contributed by atoms with E-state index in [2.05, 4.69) is 0 Å². The fraction of sp³-hybridized carbons (Fsp3) is 0.625. The number of rotatable bonds is 9. The molecule has 7 nitrogen and oxygen atoms in total. The Morgan fingerprint density at radius 2 is 1.72 bits per heavy atom. The van der Waals surface area contributed by atoms with Crippen LogP contribution in [0.25, 0.3) is 0 Å². The van der Waals surface area contributed by atoms with Gasteiger partial charge in [-0.3, -0.25) is 8.75 Å². The van der Waals surface area contributed by atoms with Crippen LogP contribution < -0.4 is 0 Å². The largest absolute Gasteiger partial charge is 0.360 e. The lowest BCUT2D eigenvalue weighted by atomic mass is 10.2. The zero-order valence-electron chi connectivity index (χ0n) is 14.7. The third-order valence-electron chi connectivity index (χ3n) is 3.77. The Kier molecular flexibility index (Phi) is 7.19.